The number of carbonyl (C=O) groups is 1. The number of halogens is 1. The lowest BCUT2D eigenvalue weighted by atomic mass is 10.1. The molecular formula is C15H17ClN2O2. The molecule has 1 aromatic heterocycles. The van der Waals surface area contributed by atoms with Crippen molar-refractivity contribution in [2.45, 2.75) is 6.42 Å². The van der Waals surface area contributed by atoms with E-state index in [0.29, 0.717) is 31.2 Å². The summed E-state index contributed by atoms with van der Waals surface area (Å²) in [5, 5.41) is 3.75. The van der Waals surface area contributed by atoms with E-state index in [0.717, 1.165) is 17.3 Å². The molecule has 106 valence electrons. The van der Waals surface area contributed by atoms with Gasteiger partial charge in [-0.25, -0.2) is 0 Å². The van der Waals surface area contributed by atoms with E-state index in [-0.39, 0.29) is 5.91 Å². The predicted molar refractivity (Wildman–Crippen MR) is 80.2 cm³/mol. The third-order valence-corrected chi connectivity index (χ3v) is 3.02. The van der Waals surface area contributed by atoms with Crippen LogP contribution >= 0.6 is 11.6 Å². The summed E-state index contributed by atoms with van der Waals surface area (Å²) >= 11 is 5.50. The molecule has 0 spiro atoms. The summed E-state index contributed by atoms with van der Waals surface area (Å²) in [6.45, 7) is 1.73. The summed E-state index contributed by atoms with van der Waals surface area (Å²) in [4.78, 5) is 16.4. The molecule has 2 rings (SSSR count). The number of hydrogen-bond acceptors (Lipinski definition) is 3. The number of amides is 1. The molecule has 0 atom stereocenters. The maximum atomic E-state index is 12.1. The maximum Gasteiger partial charge on any atom is 0.251 e. The summed E-state index contributed by atoms with van der Waals surface area (Å²) < 4.78 is 5.25. The molecule has 1 N–H and O–H groups in total. The Morgan fingerprint density at radius 3 is 3.00 bits per heavy atom. The first-order chi connectivity index (χ1) is 9.83. The molecule has 0 aliphatic carbocycles. The van der Waals surface area contributed by atoms with Gasteiger partial charge in [-0.15, -0.1) is 11.6 Å². The molecule has 5 heteroatoms. The van der Waals surface area contributed by atoms with Gasteiger partial charge in [0.1, 0.15) is 0 Å². The molecule has 4 nitrogen and oxygen atoms in total. The van der Waals surface area contributed by atoms with Gasteiger partial charge in [0.25, 0.3) is 5.91 Å². The van der Waals surface area contributed by atoms with Gasteiger partial charge in [0.05, 0.1) is 12.1 Å². The van der Waals surface area contributed by atoms with E-state index in [2.05, 4.69) is 10.3 Å². The molecule has 0 saturated carbocycles. The van der Waals surface area contributed by atoms with Crippen LogP contribution in [0.3, 0.4) is 0 Å². The number of benzene rings is 1. The largest absolute Gasteiger partial charge is 0.380 e. The van der Waals surface area contributed by atoms with Crippen molar-refractivity contribution in [1.82, 2.24) is 10.3 Å². The zero-order valence-corrected chi connectivity index (χ0v) is 11.9. The van der Waals surface area contributed by atoms with Crippen molar-refractivity contribution >= 4 is 28.4 Å². The fraction of sp³-hybridized carbons (Fsp3) is 0.333. The smallest absolute Gasteiger partial charge is 0.251 e. The fourth-order valence-electron chi connectivity index (χ4n) is 1.93. The number of ether oxygens (including phenoxy) is 1. The van der Waals surface area contributed by atoms with Gasteiger partial charge in [-0.1, -0.05) is 12.1 Å². The van der Waals surface area contributed by atoms with Crippen molar-refractivity contribution in [1.29, 1.82) is 0 Å². The number of pyridine rings is 1. The van der Waals surface area contributed by atoms with Crippen LogP contribution in [0.15, 0.2) is 36.5 Å². The summed E-state index contributed by atoms with van der Waals surface area (Å²) in [6.07, 6.45) is 2.49. The lowest BCUT2D eigenvalue weighted by Crippen LogP contribution is -2.25. The molecule has 20 heavy (non-hydrogen) atoms. The molecule has 1 amide bonds. The summed E-state index contributed by atoms with van der Waals surface area (Å²) in [5.74, 6) is 0.413. The zero-order valence-electron chi connectivity index (χ0n) is 11.1. The molecule has 2 aromatic rings. The van der Waals surface area contributed by atoms with E-state index in [9.17, 15) is 4.79 Å². The van der Waals surface area contributed by atoms with Gasteiger partial charge in [0.15, 0.2) is 0 Å². The predicted octanol–water partition coefficient (Wildman–Crippen LogP) is 2.61. The minimum absolute atomic E-state index is 0.0825. The summed E-state index contributed by atoms with van der Waals surface area (Å²) in [6, 6.07) is 9.28. The zero-order chi connectivity index (χ0) is 14.2. The van der Waals surface area contributed by atoms with Crippen molar-refractivity contribution < 1.29 is 9.53 Å². The number of nitrogens with zero attached hydrogens (tertiary/aromatic N) is 1. The van der Waals surface area contributed by atoms with Crippen molar-refractivity contribution in [3.8, 4) is 0 Å². The number of rotatable bonds is 7. The van der Waals surface area contributed by atoms with Crippen molar-refractivity contribution in [3.05, 3.63) is 42.1 Å². The highest BCUT2D eigenvalue weighted by Crippen LogP contribution is 2.16. The van der Waals surface area contributed by atoms with Crippen LogP contribution in [0.2, 0.25) is 0 Å². The summed E-state index contributed by atoms with van der Waals surface area (Å²) in [5.41, 5.74) is 1.47. The van der Waals surface area contributed by atoms with Crippen molar-refractivity contribution in [2.24, 2.45) is 0 Å². The molecule has 1 heterocycles. The topological polar surface area (TPSA) is 51.2 Å². The number of alkyl halides is 1. The van der Waals surface area contributed by atoms with Crippen LogP contribution in [0, 0.1) is 0 Å². The highest BCUT2D eigenvalue weighted by Gasteiger charge is 2.09. The number of hydrogen-bond donors (Lipinski definition) is 1. The second-order valence-electron chi connectivity index (χ2n) is 4.29. The van der Waals surface area contributed by atoms with Gasteiger partial charge in [-0.05, 0) is 24.6 Å². The van der Waals surface area contributed by atoms with Crippen molar-refractivity contribution in [2.75, 3.05) is 25.6 Å². The van der Waals surface area contributed by atoms with Gasteiger partial charge in [-0.2, -0.15) is 0 Å². The van der Waals surface area contributed by atoms with Crippen LogP contribution < -0.4 is 5.32 Å². The molecule has 0 aliphatic rings. The number of aromatic nitrogens is 1. The molecule has 0 bridgehead atoms. The summed E-state index contributed by atoms with van der Waals surface area (Å²) in [7, 11) is 0. The third-order valence-electron chi connectivity index (χ3n) is 2.86. The van der Waals surface area contributed by atoms with Crippen LogP contribution in [0.4, 0.5) is 0 Å². The Morgan fingerprint density at radius 1 is 1.25 bits per heavy atom. The first-order valence-corrected chi connectivity index (χ1v) is 7.12. The van der Waals surface area contributed by atoms with Gasteiger partial charge < -0.3 is 10.1 Å². The Bertz CT molecular complexity index is 569. The monoisotopic (exact) mass is 292 g/mol. The van der Waals surface area contributed by atoms with Crippen LogP contribution in [0.5, 0.6) is 0 Å². The van der Waals surface area contributed by atoms with Gasteiger partial charge in [-0.3, -0.25) is 9.78 Å². The Kier molecular flexibility index (Phi) is 5.77. The first-order valence-electron chi connectivity index (χ1n) is 6.58. The fourth-order valence-corrected chi connectivity index (χ4v) is 2.04. The minimum atomic E-state index is -0.0825. The number of carbonyl (C=O) groups excluding carboxylic acids is 1. The highest BCUT2D eigenvalue weighted by molar-refractivity contribution is 6.17. The minimum Gasteiger partial charge on any atom is -0.380 e. The lowest BCUT2D eigenvalue weighted by Gasteiger charge is -2.07. The lowest BCUT2D eigenvalue weighted by molar-refractivity contribution is 0.0946. The van der Waals surface area contributed by atoms with Crippen LogP contribution in [-0.2, 0) is 4.74 Å². The van der Waals surface area contributed by atoms with E-state index < -0.39 is 0 Å². The highest BCUT2D eigenvalue weighted by atomic mass is 35.5. The second kappa shape index (κ2) is 7.82. The van der Waals surface area contributed by atoms with Crippen LogP contribution in [0.25, 0.3) is 10.9 Å². The molecule has 0 aliphatic heterocycles. The van der Waals surface area contributed by atoms with Crippen molar-refractivity contribution in [3.63, 3.8) is 0 Å². The van der Waals surface area contributed by atoms with E-state index in [4.69, 9.17) is 16.3 Å². The van der Waals surface area contributed by atoms with E-state index in [1.54, 1.807) is 6.20 Å². The molecule has 0 fully saturated rings. The quantitative estimate of drug-likeness (QED) is 0.630. The Hall–Kier alpha value is -1.65. The Labute approximate surface area is 123 Å². The van der Waals surface area contributed by atoms with E-state index >= 15 is 0 Å². The molecule has 1 aromatic carbocycles. The van der Waals surface area contributed by atoms with Gasteiger partial charge in [0, 0.05) is 36.2 Å². The maximum absolute atomic E-state index is 12.1. The molecule has 0 saturated heterocycles. The second-order valence-corrected chi connectivity index (χ2v) is 4.66. The van der Waals surface area contributed by atoms with Crippen LogP contribution in [-0.4, -0.2) is 36.5 Å². The molecule has 0 unspecified atom stereocenters. The van der Waals surface area contributed by atoms with Gasteiger partial charge >= 0.3 is 0 Å². The Morgan fingerprint density at radius 2 is 2.15 bits per heavy atom. The normalized spacial score (nSPS) is 10.7. The van der Waals surface area contributed by atoms with Gasteiger partial charge in [0.2, 0.25) is 0 Å². The Balaban J connectivity index is 1.91. The number of nitrogens with one attached hydrogen (secondary N) is 1. The van der Waals surface area contributed by atoms with E-state index in [1.807, 2.05) is 30.3 Å². The molecular weight excluding hydrogens is 276 g/mol. The average Bonchev–Trinajstić information content (AvgIpc) is 2.50. The average molecular weight is 293 g/mol. The van der Waals surface area contributed by atoms with E-state index in [1.165, 1.54) is 0 Å². The third kappa shape index (κ3) is 3.92. The van der Waals surface area contributed by atoms with Crippen LogP contribution in [0.1, 0.15) is 16.8 Å². The SMILES string of the molecule is O=C(NCCCOCCCl)c1cccc2ncccc12. The molecule has 0 radical (unpaired) electrons. The standard InChI is InChI=1S/C15H17ClN2O2/c16-7-11-20-10-3-9-18-15(19)13-4-1-6-14-12(13)5-2-8-17-14/h1-2,4-6,8H,3,7,9-11H2,(H,18,19). The first kappa shape index (κ1) is 14.8. The number of fused-ring (bicyclic) bond motifs is 1.